The Morgan fingerprint density at radius 1 is 1.08 bits per heavy atom. The average Bonchev–Trinajstić information content (AvgIpc) is 2.89. The van der Waals surface area contributed by atoms with Gasteiger partial charge >= 0.3 is 16.1 Å². The number of nitrogens with one attached hydrogen (secondary N) is 1. The number of halogens is 1. The molecule has 0 aromatic heterocycles. The monoisotopic (exact) mass is 584 g/mol. The maximum atomic E-state index is 12.7. The lowest BCUT2D eigenvalue weighted by molar-refractivity contribution is -0.112. The molecule has 0 radical (unpaired) electrons. The van der Waals surface area contributed by atoms with Crippen LogP contribution in [0, 0.1) is 11.3 Å². The summed E-state index contributed by atoms with van der Waals surface area (Å²) in [7, 11) is -2.88. The van der Waals surface area contributed by atoms with E-state index in [1.165, 1.54) is 61.7 Å². The van der Waals surface area contributed by atoms with Gasteiger partial charge in [0.05, 0.1) is 23.8 Å². The van der Waals surface area contributed by atoms with E-state index in [-0.39, 0.29) is 33.0 Å². The van der Waals surface area contributed by atoms with Gasteiger partial charge < -0.3 is 19.0 Å². The number of rotatable bonds is 9. The average molecular weight is 585 g/mol. The van der Waals surface area contributed by atoms with Crippen LogP contribution in [0.5, 0.6) is 11.5 Å². The Morgan fingerprint density at radius 2 is 1.76 bits per heavy atom. The Balaban J connectivity index is 1.88. The van der Waals surface area contributed by atoms with Gasteiger partial charge in [0.2, 0.25) is 0 Å². The first-order chi connectivity index (χ1) is 17.7. The van der Waals surface area contributed by atoms with Crippen molar-refractivity contribution in [3.63, 3.8) is 0 Å². The van der Waals surface area contributed by atoms with Crippen molar-refractivity contribution >= 4 is 49.7 Å². The number of nitrogens with zero attached hydrogens (tertiary/aromatic N) is 1. The first-order valence-corrected chi connectivity index (χ1v) is 13.0. The minimum Gasteiger partial charge on any atom is -0.490 e. The van der Waals surface area contributed by atoms with E-state index < -0.39 is 22.0 Å². The first kappa shape index (κ1) is 27.4. The predicted octanol–water partition coefficient (Wildman–Crippen LogP) is 4.95. The number of hydrogen-bond donors (Lipinski definition) is 1. The number of esters is 1. The smallest absolute Gasteiger partial charge is 0.339 e. The van der Waals surface area contributed by atoms with Gasteiger partial charge in [-0.1, -0.05) is 18.2 Å². The molecule has 0 saturated heterocycles. The van der Waals surface area contributed by atoms with Gasteiger partial charge in [-0.3, -0.25) is 4.79 Å². The van der Waals surface area contributed by atoms with Crippen molar-refractivity contribution in [2.75, 3.05) is 19.0 Å². The van der Waals surface area contributed by atoms with E-state index in [1.54, 1.807) is 25.1 Å². The molecule has 9 nitrogen and oxygen atoms in total. The summed E-state index contributed by atoms with van der Waals surface area (Å²) < 4.78 is 41.3. The molecule has 3 aromatic rings. The van der Waals surface area contributed by atoms with Crippen LogP contribution in [-0.4, -0.2) is 34.0 Å². The third-order valence-electron chi connectivity index (χ3n) is 4.80. The summed E-state index contributed by atoms with van der Waals surface area (Å²) >= 11 is 3.30. The van der Waals surface area contributed by atoms with Gasteiger partial charge in [-0.2, -0.15) is 13.7 Å². The van der Waals surface area contributed by atoms with Crippen LogP contribution >= 0.6 is 15.9 Å². The highest BCUT2D eigenvalue weighted by Gasteiger charge is 2.22. The van der Waals surface area contributed by atoms with Gasteiger partial charge in [-0.15, -0.1) is 0 Å². The molecule has 0 heterocycles. The Morgan fingerprint density at radius 3 is 2.35 bits per heavy atom. The number of carbonyl (C=O) groups excluding carboxylic acids is 2. The SMILES string of the molecule is CCOc1cc(/C=C(\C#N)C(=O)Nc2ccc(C(=O)OC)cc2)cc(Br)c1OS(=O)(=O)c1ccccc1. The minimum atomic E-state index is -4.15. The van der Waals surface area contributed by atoms with Crippen LogP contribution in [0.3, 0.4) is 0 Å². The second-order valence-electron chi connectivity index (χ2n) is 7.31. The molecule has 37 heavy (non-hydrogen) atoms. The van der Waals surface area contributed by atoms with Crippen LogP contribution in [0.1, 0.15) is 22.8 Å². The lowest BCUT2D eigenvalue weighted by Gasteiger charge is -2.14. The summed E-state index contributed by atoms with van der Waals surface area (Å²) in [6.07, 6.45) is 1.32. The Kier molecular flexibility index (Phi) is 9.05. The van der Waals surface area contributed by atoms with E-state index in [0.29, 0.717) is 16.8 Å². The number of ether oxygens (including phenoxy) is 2. The quantitative estimate of drug-likeness (QED) is 0.162. The summed E-state index contributed by atoms with van der Waals surface area (Å²) in [4.78, 5) is 24.2. The molecule has 1 amide bonds. The molecule has 1 N–H and O–H groups in total. The van der Waals surface area contributed by atoms with E-state index >= 15 is 0 Å². The molecule has 3 aromatic carbocycles. The summed E-state index contributed by atoms with van der Waals surface area (Å²) in [5, 5.41) is 12.2. The van der Waals surface area contributed by atoms with Crippen molar-refractivity contribution in [2.24, 2.45) is 0 Å². The molecule has 11 heteroatoms. The van der Waals surface area contributed by atoms with E-state index in [2.05, 4.69) is 26.0 Å². The fraction of sp³-hybridized carbons (Fsp3) is 0.115. The van der Waals surface area contributed by atoms with Crippen molar-refractivity contribution in [3.8, 4) is 17.6 Å². The highest BCUT2D eigenvalue weighted by molar-refractivity contribution is 9.10. The predicted molar refractivity (Wildman–Crippen MR) is 140 cm³/mol. The van der Waals surface area contributed by atoms with Crippen LogP contribution in [0.2, 0.25) is 0 Å². The number of hydrogen-bond acceptors (Lipinski definition) is 8. The molecule has 0 aliphatic carbocycles. The molecule has 3 rings (SSSR count). The molecule has 0 unspecified atom stereocenters. The van der Waals surface area contributed by atoms with Crippen molar-refractivity contribution in [2.45, 2.75) is 11.8 Å². The zero-order chi connectivity index (χ0) is 27.0. The summed E-state index contributed by atoms with van der Waals surface area (Å²) in [6.45, 7) is 1.92. The van der Waals surface area contributed by atoms with Gasteiger partial charge in [0.15, 0.2) is 11.5 Å². The van der Waals surface area contributed by atoms with E-state index in [1.807, 2.05) is 6.07 Å². The molecule has 0 aliphatic rings. The van der Waals surface area contributed by atoms with Crippen LogP contribution in [0.15, 0.2) is 81.7 Å². The van der Waals surface area contributed by atoms with Crippen molar-refractivity contribution in [1.82, 2.24) is 0 Å². The van der Waals surface area contributed by atoms with E-state index in [9.17, 15) is 23.3 Å². The molecular formula is C26H21BrN2O7S. The van der Waals surface area contributed by atoms with Gasteiger partial charge in [0.1, 0.15) is 16.5 Å². The van der Waals surface area contributed by atoms with Gasteiger partial charge in [0.25, 0.3) is 5.91 Å². The highest BCUT2D eigenvalue weighted by Crippen LogP contribution is 2.39. The largest absolute Gasteiger partial charge is 0.490 e. The van der Waals surface area contributed by atoms with Crippen LogP contribution in [0.4, 0.5) is 5.69 Å². The Hall–Kier alpha value is -4.14. The van der Waals surface area contributed by atoms with Gasteiger partial charge in [-0.25, -0.2) is 4.79 Å². The van der Waals surface area contributed by atoms with Crippen LogP contribution < -0.4 is 14.2 Å². The Labute approximate surface area is 222 Å². The van der Waals surface area contributed by atoms with Crippen LogP contribution in [-0.2, 0) is 19.6 Å². The molecule has 190 valence electrons. The van der Waals surface area contributed by atoms with Gasteiger partial charge in [0, 0.05) is 5.69 Å². The molecule has 0 atom stereocenters. The molecule has 0 saturated carbocycles. The minimum absolute atomic E-state index is 0.0311. The van der Waals surface area contributed by atoms with Crippen molar-refractivity contribution < 1.29 is 31.7 Å². The Bertz CT molecular complexity index is 1480. The standard InChI is InChI=1S/C26H21BrN2O7S/c1-3-35-23-15-17(14-22(27)24(23)36-37(32,33)21-7-5-4-6-8-21)13-19(16-28)25(30)29-20-11-9-18(10-12-20)26(31)34-2/h4-15H,3H2,1-2H3,(H,29,30)/b19-13+. The number of amides is 1. The summed E-state index contributed by atoms with van der Waals surface area (Å²) in [5.74, 6) is -1.18. The molecular weight excluding hydrogens is 564 g/mol. The molecule has 0 aliphatic heterocycles. The normalized spacial score (nSPS) is 11.2. The summed E-state index contributed by atoms with van der Waals surface area (Å²) in [5.41, 5.74) is 0.829. The number of benzene rings is 3. The third kappa shape index (κ3) is 6.97. The zero-order valence-electron chi connectivity index (χ0n) is 19.7. The number of anilines is 1. The third-order valence-corrected chi connectivity index (χ3v) is 6.62. The fourth-order valence-electron chi connectivity index (χ4n) is 3.08. The van der Waals surface area contributed by atoms with E-state index in [4.69, 9.17) is 8.92 Å². The van der Waals surface area contributed by atoms with Gasteiger partial charge in [-0.05, 0) is 83.0 Å². The lowest BCUT2D eigenvalue weighted by Crippen LogP contribution is -2.14. The van der Waals surface area contributed by atoms with E-state index in [0.717, 1.165) is 0 Å². The number of methoxy groups -OCH3 is 1. The lowest BCUT2D eigenvalue weighted by atomic mass is 10.1. The molecule has 0 fully saturated rings. The van der Waals surface area contributed by atoms with Crippen LogP contribution in [0.25, 0.3) is 6.08 Å². The molecule has 0 bridgehead atoms. The van der Waals surface area contributed by atoms with Crippen molar-refractivity contribution in [3.05, 3.63) is 87.9 Å². The maximum absolute atomic E-state index is 12.7. The zero-order valence-corrected chi connectivity index (χ0v) is 22.1. The summed E-state index contributed by atoms with van der Waals surface area (Å²) in [6, 6.07) is 18.4. The topological polar surface area (TPSA) is 132 Å². The second kappa shape index (κ2) is 12.2. The number of carbonyl (C=O) groups is 2. The maximum Gasteiger partial charge on any atom is 0.339 e. The first-order valence-electron chi connectivity index (χ1n) is 10.8. The second-order valence-corrected chi connectivity index (χ2v) is 9.71. The highest BCUT2D eigenvalue weighted by atomic mass is 79.9. The fourth-order valence-corrected chi connectivity index (χ4v) is 4.71. The number of nitriles is 1. The van der Waals surface area contributed by atoms with Crippen molar-refractivity contribution in [1.29, 1.82) is 5.26 Å². The molecule has 0 spiro atoms.